The lowest BCUT2D eigenvalue weighted by Crippen LogP contribution is -2.35. The quantitative estimate of drug-likeness (QED) is 0.928. The lowest BCUT2D eigenvalue weighted by molar-refractivity contribution is -0.147. The zero-order chi connectivity index (χ0) is 16.6. The third-order valence-corrected chi connectivity index (χ3v) is 4.29. The summed E-state index contributed by atoms with van der Waals surface area (Å²) in [5, 5.41) is 17.2. The van der Waals surface area contributed by atoms with Crippen LogP contribution in [-0.4, -0.2) is 50.0 Å². The van der Waals surface area contributed by atoms with E-state index in [1.165, 1.54) is 4.90 Å². The molecule has 0 radical (unpaired) electrons. The van der Waals surface area contributed by atoms with Gasteiger partial charge in [0.1, 0.15) is 0 Å². The van der Waals surface area contributed by atoms with Gasteiger partial charge in [-0.25, -0.2) is 4.68 Å². The molecule has 23 heavy (non-hydrogen) atoms. The van der Waals surface area contributed by atoms with E-state index in [0.717, 1.165) is 11.3 Å². The normalized spacial score (nSPS) is 20.7. The average molecular weight is 314 g/mol. The van der Waals surface area contributed by atoms with Crippen LogP contribution in [0.3, 0.4) is 0 Å². The molecule has 1 fully saturated rings. The lowest BCUT2D eigenvalue weighted by Gasteiger charge is -2.19. The molecule has 2 heterocycles. The van der Waals surface area contributed by atoms with Crippen molar-refractivity contribution in [3.05, 3.63) is 41.7 Å². The first-order valence-corrected chi connectivity index (χ1v) is 7.41. The van der Waals surface area contributed by atoms with Gasteiger partial charge >= 0.3 is 5.97 Å². The maximum atomic E-state index is 12.5. The van der Waals surface area contributed by atoms with Crippen molar-refractivity contribution < 1.29 is 14.7 Å². The Labute approximate surface area is 133 Å². The summed E-state index contributed by atoms with van der Waals surface area (Å²) in [6.45, 7) is 4.26. The highest BCUT2D eigenvalue weighted by Crippen LogP contribution is 2.30. The molecule has 1 amide bonds. The second-order valence-electron chi connectivity index (χ2n) is 6.23. The summed E-state index contributed by atoms with van der Waals surface area (Å²) < 4.78 is 1.54. The van der Waals surface area contributed by atoms with E-state index in [2.05, 4.69) is 10.3 Å². The first kappa shape index (κ1) is 15.2. The van der Waals surface area contributed by atoms with Crippen LogP contribution in [0.5, 0.6) is 0 Å². The molecule has 1 aliphatic heterocycles. The second-order valence-corrected chi connectivity index (χ2v) is 6.23. The molecule has 1 N–H and O–H groups in total. The summed E-state index contributed by atoms with van der Waals surface area (Å²) in [6.07, 6.45) is 2.02. The molecule has 3 rings (SSSR count). The molecular weight excluding hydrogens is 296 g/mol. The minimum absolute atomic E-state index is 0.193. The van der Waals surface area contributed by atoms with Gasteiger partial charge in [-0.2, -0.15) is 0 Å². The number of aliphatic carboxylic acids is 1. The van der Waals surface area contributed by atoms with Crippen LogP contribution in [-0.2, 0) is 4.79 Å². The highest BCUT2D eigenvalue weighted by atomic mass is 16.4. The Morgan fingerprint density at radius 3 is 2.57 bits per heavy atom. The number of carbonyl (C=O) groups excluding carboxylic acids is 1. The fraction of sp³-hybridized carbons (Fsp3) is 0.375. The SMILES string of the molecule is Cc1ccc(-n2cc(C(=O)N3CC[C@@](C)(C(=O)O)C3)nn2)cc1. The Kier molecular flexibility index (Phi) is 3.63. The van der Waals surface area contributed by atoms with E-state index in [9.17, 15) is 14.7 Å². The van der Waals surface area contributed by atoms with Crippen molar-refractivity contribution in [2.45, 2.75) is 20.3 Å². The standard InChI is InChI=1S/C16H18N4O3/c1-11-3-5-12(6-4-11)20-9-13(17-18-20)14(21)19-8-7-16(2,10-19)15(22)23/h3-6,9H,7-8,10H2,1-2H3,(H,22,23)/t16-/m1/s1. The highest BCUT2D eigenvalue weighted by Gasteiger charge is 2.42. The van der Waals surface area contributed by atoms with Gasteiger partial charge in [0, 0.05) is 13.1 Å². The number of rotatable bonds is 3. The highest BCUT2D eigenvalue weighted by molar-refractivity contribution is 5.93. The van der Waals surface area contributed by atoms with Crippen LogP contribution in [0.1, 0.15) is 29.4 Å². The molecule has 0 saturated carbocycles. The van der Waals surface area contributed by atoms with Crippen LogP contribution >= 0.6 is 0 Å². The fourth-order valence-electron chi connectivity index (χ4n) is 2.66. The Balaban J connectivity index is 1.77. The van der Waals surface area contributed by atoms with Crippen molar-refractivity contribution in [2.24, 2.45) is 5.41 Å². The number of aromatic nitrogens is 3. The predicted octanol–water partition coefficient (Wildman–Crippen LogP) is 1.51. The van der Waals surface area contributed by atoms with E-state index in [1.807, 2.05) is 31.2 Å². The summed E-state index contributed by atoms with van der Waals surface area (Å²) in [5.74, 6) is -1.16. The molecule has 7 heteroatoms. The van der Waals surface area contributed by atoms with Crippen LogP contribution in [0.2, 0.25) is 0 Å². The van der Waals surface area contributed by atoms with E-state index in [-0.39, 0.29) is 18.1 Å². The molecule has 1 aromatic heterocycles. The Morgan fingerprint density at radius 1 is 1.26 bits per heavy atom. The minimum Gasteiger partial charge on any atom is -0.481 e. The van der Waals surface area contributed by atoms with E-state index < -0.39 is 11.4 Å². The van der Waals surface area contributed by atoms with E-state index in [4.69, 9.17) is 0 Å². The molecule has 120 valence electrons. The Hall–Kier alpha value is -2.70. The number of carbonyl (C=O) groups is 2. The van der Waals surface area contributed by atoms with Gasteiger partial charge in [0.05, 0.1) is 17.3 Å². The van der Waals surface area contributed by atoms with Crippen LogP contribution in [0.25, 0.3) is 5.69 Å². The van der Waals surface area contributed by atoms with Crippen molar-refractivity contribution in [3.63, 3.8) is 0 Å². The maximum Gasteiger partial charge on any atom is 0.311 e. The maximum absolute atomic E-state index is 12.5. The van der Waals surface area contributed by atoms with E-state index in [0.29, 0.717) is 13.0 Å². The van der Waals surface area contributed by atoms with Gasteiger partial charge in [-0.1, -0.05) is 22.9 Å². The van der Waals surface area contributed by atoms with Crippen molar-refractivity contribution in [1.82, 2.24) is 19.9 Å². The monoisotopic (exact) mass is 314 g/mol. The Bertz CT molecular complexity index is 753. The number of benzene rings is 1. The van der Waals surface area contributed by atoms with Crippen molar-refractivity contribution >= 4 is 11.9 Å². The molecule has 2 aromatic rings. The number of hydrogen-bond donors (Lipinski definition) is 1. The second kappa shape index (κ2) is 5.49. The molecular formula is C16H18N4O3. The molecule has 1 aliphatic rings. The Morgan fingerprint density at radius 2 is 1.96 bits per heavy atom. The number of aryl methyl sites for hydroxylation is 1. The molecule has 1 aromatic carbocycles. The van der Waals surface area contributed by atoms with Gasteiger partial charge in [0.2, 0.25) is 0 Å². The van der Waals surface area contributed by atoms with Crippen LogP contribution in [0.4, 0.5) is 0 Å². The number of carboxylic acids is 1. The van der Waals surface area contributed by atoms with E-state index in [1.54, 1.807) is 17.8 Å². The van der Waals surface area contributed by atoms with Gasteiger partial charge in [-0.3, -0.25) is 9.59 Å². The summed E-state index contributed by atoms with van der Waals surface area (Å²) in [6, 6.07) is 7.71. The summed E-state index contributed by atoms with van der Waals surface area (Å²) >= 11 is 0. The predicted molar refractivity (Wildman–Crippen MR) is 82.4 cm³/mol. The zero-order valence-electron chi connectivity index (χ0n) is 13.1. The third-order valence-electron chi connectivity index (χ3n) is 4.29. The molecule has 0 unspecified atom stereocenters. The first-order valence-electron chi connectivity index (χ1n) is 7.41. The number of amides is 1. The fourth-order valence-corrected chi connectivity index (χ4v) is 2.66. The smallest absolute Gasteiger partial charge is 0.311 e. The number of likely N-dealkylation sites (tertiary alicyclic amines) is 1. The van der Waals surface area contributed by atoms with Crippen LogP contribution < -0.4 is 0 Å². The average Bonchev–Trinajstić information content (AvgIpc) is 3.15. The zero-order valence-corrected chi connectivity index (χ0v) is 13.1. The molecule has 0 aliphatic carbocycles. The number of nitrogens with zero attached hydrogens (tertiary/aromatic N) is 4. The van der Waals surface area contributed by atoms with Crippen molar-refractivity contribution in [1.29, 1.82) is 0 Å². The molecule has 0 spiro atoms. The van der Waals surface area contributed by atoms with Crippen LogP contribution in [0.15, 0.2) is 30.5 Å². The van der Waals surface area contributed by atoms with Crippen molar-refractivity contribution in [2.75, 3.05) is 13.1 Å². The summed E-state index contributed by atoms with van der Waals surface area (Å²) in [5.41, 5.74) is 1.29. The summed E-state index contributed by atoms with van der Waals surface area (Å²) in [4.78, 5) is 25.3. The largest absolute Gasteiger partial charge is 0.481 e. The molecule has 0 bridgehead atoms. The van der Waals surface area contributed by atoms with E-state index >= 15 is 0 Å². The number of carboxylic acid groups (broad SMARTS) is 1. The molecule has 7 nitrogen and oxygen atoms in total. The van der Waals surface area contributed by atoms with Gasteiger partial charge in [0.25, 0.3) is 5.91 Å². The molecule has 1 atom stereocenters. The van der Waals surface area contributed by atoms with Gasteiger partial charge < -0.3 is 10.0 Å². The first-order chi connectivity index (χ1) is 10.9. The van der Waals surface area contributed by atoms with Crippen LogP contribution in [0, 0.1) is 12.3 Å². The van der Waals surface area contributed by atoms with Gasteiger partial charge in [0.15, 0.2) is 5.69 Å². The molecule has 1 saturated heterocycles. The minimum atomic E-state index is -0.886. The third kappa shape index (κ3) is 2.81. The summed E-state index contributed by atoms with van der Waals surface area (Å²) in [7, 11) is 0. The van der Waals surface area contributed by atoms with Crippen molar-refractivity contribution in [3.8, 4) is 5.69 Å². The van der Waals surface area contributed by atoms with Gasteiger partial charge in [-0.05, 0) is 32.4 Å². The van der Waals surface area contributed by atoms with Gasteiger partial charge in [-0.15, -0.1) is 5.10 Å². The topological polar surface area (TPSA) is 88.3 Å². The lowest BCUT2D eigenvalue weighted by atomic mass is 9.90. The number of hydrogen-bond acceptors (Lipinski definition) is 4.